The molecule has 6 heteroatoms. The van der Waals surface area contributed by atoms with Crippen LogP contribution in [-0.4, -0.2) is 41.6 Å². The van der Waals surface area contributed by atoms with E-state index in [0.29, 0.717) is 24.5 Å². The van der Waals surface area contributed by atoms with Gasteiger partial charge in [0.05, 0.1) is 12.4 Å². The molecule has 1 aliphatic rings. The van der Waals surface area contributed by atoms with E-state index in [9.17, 15) is 9.59 Å². The Bertz CT molecular complexity index is 665. The summed E-state index contributed by atoms with van der Waals surface area (Å²) in [5.74, 6) is 3.65. The van der Waals surface area contributed by atoms with E-state index in [1.165, 1.54) is 4.90 Å². The van der Waals surface area contributed by atoms with E-state index in [1.54, 1.807) is 13.2 Å². The summed E-state index contributed by atoms with van der Waals surface area (Å²) < 4.78 is 10.7. The Morgan fingerprint density at radius 3 is 2.71 bits per heavy atom. The van der Waals surface area contributed by atoms with Gasteiger partial charge in [0.2, 0.25) is 5.91 Å². The van der Waals surface area contributed by atoms with Crippen molar-refractivity contribution in [2.45, 2.75) is 25.5 Å². The molecule has 128 valence electrons. The molecule has 1 heterocycles. The molecule has 2 amide bonds. The highest BCUT2D eigenvalue weighted by molar-refractivity contribution is 8.15. The van der Waals surface area contributed by atoms with Gasteiger partial charge in [-0.1, -0.05) is 37.6 Å². The molecule has 2 rings (SSSR count). The normalized spacial score (nSPS) is 17.3. The second-order valence-corrected chi connectivity index (χ2v) is 7.05. The standard InChI is InChI=1S/C18H21NO4S/c1-5-8-23-14-7-6-13(9-15(14)22-4)10-16-17(20)19(11-12(2)3)18(21)24-16/h1,6-7,9,12,16H,8,10-11H2,2-4H3/t16-/m0/s1. The van der Waals surface area contributed by atoms with Crippen LogP contribution >= 0.6 is 11.8 Å². The molecule has 1 aromatic carbocycles. The first kappa shape index (κ1) is 18.2. The van der Waals surface area contributed by atoms with Crippen LogP contribution < -0.4 is 9.47 Å². The average Bonchev–Trinajstić information content (AvgIpc) is 2.80. The first-order chi connectivity index (χ1) is 11.5. The summed E-state index contributed by atoms with van der Waals surface area (Å²) in [6.07, 6.45) is 5.66. The number of methoxy groups -OCH3 is 1. The van der Waals surface area contributed by atoms with Crippen molar-refractivity contribution in [2.24, 2.45) is 5.92 Å². The maximum atomic E-state index is 12.4. The van der Waals surface area contributed by atoms with E-state index in [4.69, 9.17) is 15.9 Å². The third-order valence-electron chi connectivity index (χ3n) is 3.51. The molecule has 0 aromatic heterocycles. The fourth-order valence-electron chi connectivity index (χ4n) is 2.45. The second-order valence-electron chi connectivity index (χ2n) is 5.90. The highest BCUT2D eigenvalue weighted by atomic mass is 32.2. The van der Waals surface area contributed by atoms with Gasteiger partial charge in [-0.25, -0.2) is 0 Å². The largest absolute Gasteiger partial charge is 0.493 e. The lowest BCUT2D eigenvalue weighted by molar-refractivity contribution is -0.127. The number of amides is 2. The van der Waals surface area contributed by atoms with E-state index in [0.717, 1.165) is 17.3 Å². The molecule has 0 bridgehead atoms. The van der Waals surface area contributed by atoms with Gasteiger partial charge in [-0.15, -0.1) is 6.42 Å². The zero-order valence-electron chi connectivity index (χ0n) is 14.1. The highest BCUT2D eigenvalue weighted by Gasteiger charge is 2.39. The van der Waals surface area contributed by atoms with Crippen LogP contribution in [0.2, 0.25) is 0 Å². The molecule has 1 atom stereocenters. The molecule has 0 unspecified atom stereocenters. The van der Waals surface area contributed by atoms with Crippen molar-refractivity contribution in [1.82, 2.24) is 4.90 Å². The molecule has 0 radical (unpaired) electrons. The van der Waals surface area contributed by atoms with Gasteiger partial charge in [-0.05, 0) is 30.0 Å². The van der Waals surface area contributed by atoms with Crippen molar-refractivity contribution in [3.05, 3.63) is 23.8 Å². The summed E-state index contributed by atoms with van der Waals surface area (Å²) in [6, 6.07) is 5.44. The van der Waals surface area contributed by atoms with Crippen LogP contribution in [0.4, 0.5) is 4.79 Å². The number of terminal acetylenes is 1. The van der Waals surface area contributed by atoms with Crippen molar-refractivity contribution in [3.63, 3.8) is 0 Å². The lowest BCUT2D eigenvalue weighted by atomic mass is 10.1. The van der Waals surface area contributed by atoms with Crippen LogP contribution in [0.15, 0.2) is 18.2 Å². The van der Waals surface area contributed by atoms with E-state index < -0.39 is 5.25 Å². The van der Waals surface area contributed by atoms with Crippen molar-refractivity contribution in [1.29, 1.82) is 0 Å². The van der Waals surface area contributed by atoms with Gasteiger partial charge in [0.15, 0.2) is 11.5 Å². The number of thioether (sulfide) groups is 1. The van der Waals surface area contributed by atoms with Crippen molar-refractivity contribution >= 4 is 22.9 Å². The topological polar surface area (TPSA) is 55.8 Å². The Kier molecular flexibility index (Phi) is 6.16. The molecule has 24 heavy (non-hydrogen) atoms. The Labute approximate surface area is 146 Å². The van der Waals surface area contributed by atoms with Gasteiger partial charge in [0, 0.05) is 6.54 Å². The number of rotatable bonds is 7. The predicted molar refractivity (Wildman–Crippen MR) is 94.4 cm³/mol. The fourth-order valence-corrected chi connectivity index (χ4v) is 3.49. The number of benzene rings is 1. The van der Waals surface area contributed by atoms with E-state index in [-0.39, 0.29) is 23.7 Å². The van der Waals surface area contributed by atoms with Gasteiger partial charge in [0.25, 0.3) is 5.24 Å². The minimum atomic E-state index is -0.390. The summed E-state index contributed by atoms with van der Waals surface area (Å²) in [5, 5.41) is -0.557. The van der Waals surface area contributed by atoms with Crippen LogP contribution in [0, 0.1) is 18.3 Å². The Hall–Kier alpha value is -2.13. The minimum Gasteiger partial charge on any atom is -0.493 e. The maximum Gasteiger partial charge on any atom is 0.289 e. The molecule has 0 saturated carbocycles. The van der Waals surface area contributed by atoms with Crippen LogP contribution in [0.25, 0.3) is 0 Å². The molecule has 0 N–H and O–H groups in total. The molecule has 1 saturated heterocycles. The summed E-state index contributed by atoms with van der Waals surface area (Å²) >= 11 is 1.09. The third-order valence-corrected chi connectivity index (χ3v) is 4.59. The van der Waals surface area contributed by atoms with Crippen molar-refractivity contribution in [3.8, 4) is 23.8 Å². The van der Waals surface area contributed by atoms with E-state index in [2.05, 4.69) is 5.92 Å². The number of hydrogen-bond acceptors (Lipinski definition) is 5. The van der Waals surface area contributed by atoms with Crippen LogP contribution in [0.3, 0.4) is 0 Å². The molecule has 1 fully saturated rings. The second kappa shape index (κ2) is 8.11. The molecule has 0 aliphatic carbocycles. The minimum absolute atomic E-state index is 0.120. The molecular formula is C18H21NO4S. The first-order valence-corrected chi connectivity index (χ1v) is 8.59. The van der Waals surface area contributed by atoms with Crippen LogP contribution in [0.1, 0.15) is 19.4 Å². The lowest BCUT2D eigenvalue weighted by Gasteiger charge is -2.16. The maximum absolute atomic E-state index is 12.4. The smallest absolute Gasteiger partial charge is 0.289 e. The Morgan fingerprint density at radius 1 is 1.33 bits per heavy atom. The number of carbonyl (C=O) groups excluding carboxylic acids is 2. The molecule has 5 nitrogen and oxygen atoms in total. The summed E-state index contributed by atoms with van der Waals surface area (Å²) in [5.41, 5.74) is 0.907. The number of ether oxygens (including phenoxy) is 2. The number of carbonyl (C=O) groups is 2. The quantitative estimate of drug-likeness (QED) is 0.710. The van der Waals surface area contributed by atoms with E-state index >= 15 is 0 Å². The fraction of sp³-hybridized carbons (Fsp3) is 0.444. The zero-order chi connectivity index (χ0) is 17.7. The van der Waals surface area contributed by atoms with Gasteiger partial charge >= 0.3 is 0 Å². The predicted octanol–water partition coefficient (Wildman–Crippen LogP) is 2.97. The Balaban J connectivity index is 2.10. The average molecular weight is 347 g/mol. The Morgan fingerprint density at radius 2 is 2.08 bits per heavy atom. The highest BCUT2D eigenvalue weighted by Crippen LogP contribution is 2.33. The van der Waals surface area contributed by atoms with Gasteiger partial charge < -0.3 is 9.47 Å². The molecule has 1 aliphatic heterocycles. The van der Waals surface area contributed by atoms with Gasteiger partial charge in [0.1, 0.15) is 6.61 Å². The van der Waals surface area contributed by atoms with Gasteiger partial charge in [-0.3, -0.25) is 14.5 Å². The summed E-state index contributed by atoms with van der Waals surface area (Å²) in [6.45, 7) is 4.59. The third kappa shape index (κ3) is 4.24. The molecular weight excluding hydrogens is 326 g/mol. The van der Waals surface area contributed by atoms with Crippen molar-refractivity contribution in [2.75, 3.05) is 20.3 Å². The summed E-state index contributed by atoms with van der Waals surface area (Å²) in [7, 11) is 1.55. The molecule has 0 spiro atoms. The SMILES string of the molecule is C#CCOc1ccc(C[C@@H]2SC(=O)N(CC(C)C)C2=O)cc1OC. The zero-order valence-corrected chi connectivity index (χ0v) is 14.9. The first-order valence-electron chi connectivity index (χ1n) is 7.71. The number of hydrogen-bond donors (Lipinski definition) is 0. The van der Waals surface area contributed by atoms with Crippen LogP contribution in [-0.2, 0) is 11.2 Å². The van der Waals surface area contributed by atoms with Gasteiger partial charge in [-0.2, -0.15) is 0 Å². The monoisotopic (exact) mass is 347 g/mol. The summed E-state index contributed by atoms with van der Waals surface area (Å²) in [4.78, 5) is 25.8. The van der Waals surface area contributed by atoms with Crippen molar-refractivity contribution < 1.29 is 19.1 Å². The number of imide groups is 1. The molecule has 1 aromatic rings. The lowest BCUT2D eigenvalue weighted by Crippen LogP contribution is -2.35. The number of nitrogens with zero attached hydrogens (tertiary/aromatic N) is 1. The van der Waals surface area contributed by atoms with E-state index in [1.807, 2.05) is 26.0 Å². The van der Waals surface area contributed by atoms with Crippen LogP contribution in [0.5, 0.6) is 11.5 Å².